The standard InChI is InChI=1S/C17H19NO/c1-3-13(2)14-9-11-16(12-10-14)18-17(19)15-7-5-4-6-8-15/h4-13H,3H2,1-2H3,(H,18,19). The Morgan fingerprint density at radius 1 is 1.05 bits per heavy atom. The Morgan fingerprint density at radius 3 is 2.26 bits per heavy atom. The van der Waals surface area contributed by atoms with E-state index in [1.165, 1.54) is 5.56 Å². The Balaban J connectivity index is 2.06. The molecular formula is C17H19NO. The number of amides is 1. The van der Waals surface area contributed by atoms with Gasteiger partial charge in [0.05, 0.1) is 0 Å². The lowest BCUT2D eigenvalue weighted by atomic mass is 9.98. The summed E-state index contributed by atoms with van der Waals surface area (Å²) >= 11 is 0. The molecule has 2 aromatic rings. The third kappa shape index (κ3) is 3.44. The Morgan fingerprint density at radius 2 is 1.68 bits per heavy atom. The molecule has 0 aliphatic heterocycles. The maximum absolute atomic E-state index is 12.0. The topological polar surface area (TPSA) is 29.1 Å². The van der Waals surface area contributed by atoms with E-state index >= 15 is 0 Å². The van der Waals surface area contributed by atoms with Gasteiger partial charge in [0.25, 0.3) is 5.91 Å². The highest BCUT2D eigenvalue weighted by atomic mass is 16.1. The summed E-state index contributed by atoms with van der Waals surface area (Å²) in [6, 6.07) is 17.3. The minimum absolute atomic E-state index is 0.0723. The number of carbonyl (C=O) groups excluding carboxylic acids is 1. The van der Waals surface area contributed by atoms with Gasteiger partial charge in [0, 0.05) is 11.3 Å². The van der Waals surface area contributed by atoms with Crippen molar-refractivity contribution in [1.29, 1.82) is 0 Å². The van der Waals surface area contributed by atoms with E-state index < -0.39 is 0 Å². The fourth-order valence-electron chi connectivity index (χ4n) is 1.92. The van der Waals surface area contributed by atoms with Gasteiger partial charge in [0.15, 0.2) is 0 Å². The van der Waals surface area contributed by atoms with Crippen molar-refractivity contribution < 1.29 is 4.79 Å². The van der Waals surface area contributed by atoms with Crippen LogP contribution in [0, 0.1) is 0 Å². The summed E-state index contributed by atoms with van der Waals surface area (Å²) in [5.74, 6) is 0.482. The molecule has 0 radical (unpaired) electrons. The van der Waals surface area contributed by atoms with Gasteiger partial charge in [-0.1, -0.05) is 44.2 Å². The molecule has 0 aliphatic carbocycles. The van der Waals surface area contributed by atoms with Crippen LogP contribution in [0.1, 0.15) is 42.1 Å². The van der Waals surface area contributed by atoms with Gasteiger partial charge < -0.3 is 5.32 Å². The van der Waals surface area contributed by atoms with Gasteiger partial charge in [-0.3, -0.25) is 4.79 Å². The molecule has 0 heterocycles. The highest BCUT2D eigenvalue weighted by Gasteiger charge is 2.06. The van der Waals surface area contributed by atoms with Crippen molar-refractivity contribution in [3.8, 4) is 0 Å². The van der Waals surface area contributed by atoms with Crippen LogP contribution in [-0.2, 0) is 0 Å². The van der Waals surface area contributed by atoms with E-state index in [2.05, 4.69) is 31.3 Å². The molecule has 98 valence electrons. The molecule has 0 bridgehead atoms. The first-order valence-corrected chi connectivity index (χ1v) is 6.67. The lowest BCUT2D eigenvalue weighted by Gasteiger charge is -2.10. The molecule has 2 rings (SSSR count). The van der Waals surface area contributed by atoms with E-state index in [1.54, 1.807) is 0 Å². The third-order valence-corrected chi connectivity index (χ3v) is 3.39. The Hall–Kier alpha value is -2.09. The number of nitrogens with one attached hydrogen (secondary N) is 1. The normalized spacial score (nSPS) is 11.9. The molecule has 2 aromatic carbocycles. The van der Waals surface area contributed by atoms with Crippen LogP contribution >= 0.6 is 0 Å². The zero-order chi connectivity index (χ0) is 13.7. The minimum Gasteiger partial charge on any atom is -0.322 e. The van der Waals surface area contributed by atoms with Crippen molar-refractivity contribution in [2.75, 3.05) is 5.32 Å². The molecule has 1 atom stereocenters. The second-order valence-corrected chi connectivity index (χ2v) is 4.75. The lowest BCUT2D eigenvalue weighted by Crippen LogP contribution is -2.11. The maximum Gasteiger partial charge on any atom is 0.255 e. The van der Waals surface area contributed by atoms with Gasteiger partial charge in [-0.15, -0.1) is 0 Å². The monoisotopic (exact) mass is 253 g/mol. The number of benzene rings is 2. The van der Waals surface area contributed by atoms with E-state index in [9.17, 15) is 4.79 Å². The molecule has 1 N–H and O–H groups in total. The SMILES string of the molecule is CCC(C)c1ccc(NC(=O)c2ccccc2)cc1. The van der Waals surface area contributed by atoms with Crippen LogP contribution < -0.4 is 5.32 Å². The average molecular weight is 253 g/mol. The first kappa shape index (κ1) is 13.3. The highest BCUT2D eigenvalue weighted by molar-refractivity contribution is 6.04. The van der Waals surface area contributed by atoms with Gasteiger partial charge in [-0.2, -0.15) is 0 Å². The van der Waals surface area contributed by atoms with Gasteiger partial charge in [-0.05, 0) is 42.2 Å². The first-order chi connectivity index (χ1) is 9.20. The van der Waals surface area contributed by atoms with E-state index in [-0.39, 0.29) is 5.91 Å². The molecular weight excluding hydrogens is 234 g/mol. The number of anilines is 1. The molecule has 0 aromatic heterocycles. The molecule has 2 nitrogen and oxygen atoms in total. The molecule has 19 heavy (non-hydrogen) atoms. The second kappa shape index (κ2) is 6.19. The van der Waals surface area contributed by atoms with Crippen LogP contribution in [0.25, 0.3) is 0 Å². The number of hydrogen-bond donors (Lipinski definition) is 1. The van der Waals surface area contributed by atoms with Crippen LogP contribution in [0.2, 0.25) is 0 Å². The number of rotatable bonds is 4. The van der Waals surface area contributed by atoms with Crippen molar-refractivity contribution >= 4 is 11.6 Å². The summed E-state index contributed by atoms with van der Waals surface area (Å²) in [5.41, 5.74) is 2.81. The Labute approximate surface area is 114 Å². The van der Waals surface area contributed by atoms with Gasteiger partial charge in [0.1, 0.15) is 0 Å². The lowest BCUT2D eigenvalue weighted by molar-refractivity contribution is 0.102. The van der Waals surface area contributed by atoms with Crippen molar-refractivity contribution in [2.45, 2.75) is 26.2 Å². The van der Waals surface area contributed by atoms with Crippen LogP contribution in [0.5, 0.6) is 0 Å². The summed E-state index contributed by atoms with van der Waals surface area (Å²) in [6.45, 7) is 4.38. The predicted octanol–water partition coefficient (Wildman–Crippen LogP) is 4.45. The zero-order valence-corrected chi connectivity index (χ0v) is 11.4. The summed E-state index contributed by atoms with van der Waals surface area (Å²) in [7, 11) is 0. The largest absolute Gasteiger partial charge is 0.322 e. The predicted molar refractivity (Wildman–Crippen MR) is 79.5 cm³/mol. The molecule has 1 unspecified atom stereocenters. The third-order valence-electron chi connectivity index (χ3n) is 3.39. The van der Waals surface area contributed by atoms with E-state index in [4.69, 9.17) is 0 Å². The highest BCUT2D eigenvalue weighted by Crippen LogP contribution is 2.20. The maximum atomic E-state index is 12.0. The van der Waals surface area contributed by atoms with Crippen LogP contribution in [-0.4, -0.2) is 5.91 Å². The molecule has 0 saturated carbocycles. The van der Waals surface area contributed by atoms with Gasteiger partial charge in [0.2, 0.25) is 0 Å². The molecule has 0 saturated heterocycles. The van der Waals surface area contributed by atoms with Crippen molar-refractivity contribution in [2.24, 2.45) is 0 Å². The minimum atomic E-state index is -0.0723. The van der Waals surface area contributed by atoms with Crippen molar-refractivity contribution in [1.82, 2.24) is 0 Å². The first-order valence-electron chi connectivity index (χ1n) is 6.67. The van der Waals surface area contributed by atoms with Crippen molar-refractivity contribution in [3.63, 3.8) is 0 Å². The van der Waals surface area contributed by atoms with E-state index in [1.807, 2.05) is 42.5 Å². The van der Waals surface area contributed by atoms with Crippen LogP contribution in [0.4, 0.5) is 5.69 Å². The van der Waals surface area contributed by atoms with Crippen LogP contribution in [0.15, 0.2) is 54.6 Å². The molecule has 0 fully saturated rings. The van der Waals surface area contributed by atoms with Gasteiger partial charge in [-0.25, -0.2) is 0 Å². The molecule has 0 aliphatic rings. The summed E-state index contributed by atoms with van der Waals surface area (Å²) in [6.07, 6.45) is 1.12. The zero-order valence-electron chi connectivity index (χ0n) is 11.4. The van der Waals surface area contributed by atoms with E-state index in [0.717, 1.165) is 12.1 Å². The van der Waals surface area contributed by atoms with E-state index in [0.29, 0.717) is 11.5 Å². The fourth-order valence-corrected chi connectivity index (χ4v) is 1.92. The molecule has 2 heteroatoms. The van der Waals surface area contributed by atoms with Crippen LogP contribution in [0.3, 0.4) is 0 Å². The summed E-state index contributed by atoms with van der Waals surface area (Å²) in [5, 5.41) is 2.90. The fraction of sp³-hybridized carbons (Fsp3) is 0.235. The number of hydrogen-bond acceptors (Lipinski definition) is 1. The summed E-state index contributed by atoms with van der Waals surface area (Å²) < 4.78 is 0. The smallest absolute Gasteiger partial charge is 0.255 e. The second-order valence-electron chi connectivity index (χ2n) is 4.75. The summed E-state index contributed by atoms with van der Waals surface area (Å²) in [4.78, 5) is 12.0. The molecule has 0 spiro atoms. The molecule has 1 amide bonds. The Bertz CT molecular complexity index is 531. The average Bonchev–Trinajstić information content (AvgIpc) is 2.48. The van der Waals surface area contributed by atoms with Crippen molar-refractivity contribution in [3.05, 3.63) is 65.7 Å². The number of carbonyl (C=O) groups is 1. The quantitative estimate of drug-likeness (QED) is 0.856. The van der Waals surface area contributed by atoms with Gasteiger partial charge >= 0.3 is 0 Å². The Kier molecular flexibility index (Phi) is 4.35.